The number of aryl methyl sites for hydroxylation is 1. The standard InChI is InChI=1S/C25H28N6O/c1-14(2)21-18-12-16(5-6-19(18)29-23(21)17-7-8-28-15(3)11-17)24-22(25(32)26-4)20-13-27-9-10-31(20)30-24/h5-8,11-12,14,27,29H,9-10,13H2,1-4H3,(H,26,32). The summed E-state index contributed by atoms with van der Waals surface area (Å²) in [6.07, 6.45) is 1.85. The lowest BCUT2D eigenvalue weighted by atomic mass is 9.94. The van der Waals surface area contributed by atoms with Crippen LogP contribution in [0.2, 0.25) is 0 Å². The van der Waals surface area contributed by atoms with Crippen LogP contribution in [0.3, 0.4) is 0 Å². The highest BCUT2D eigenvalue weighted by Crippen LogP contribution is 2.38. The predicted octanol–water partition coefficient (Wildman–Crippen LogP) is 3.99. The average Bonchev–Trinajstić information content (AvgIpc) is 3.37. The van der Waals surface area contributed by atoms with E-state index in [1.165, 1.54) is 5.56 Å². The van der Waals surface area contributed by atoms with E-state index in [1.54, 1.807) is 7.05 Å². The second-order valence-electron chi connectivity index (χ2n) is 8.66. The summed E-state index contributed by atoms with van der Waals surface area (Å²) in [5.74, 6) is 0.219. The molecule has 4 heterocycles. The molecule has 0 atom stereocenters. The maximum atomic E-state index is 12.8. The van der Waals surface area contributed by atoms with Gasteiger partial charge in [-0.1, -0.05) is 19.9 Å². The molecule has 164 valence electrons. The van der Waals surface area contributed by atoms with Crippen molar-refractivity contribution in [2.45, 2.75) is 39.8 Å². The van der Waals surface area contributed by atoms with Crippen LogP contribution in [-0.2, 0) is 13.1 Å². The molecule has 7 heteroatoms. The van der Waals surface area contributed by atoms with E-state index in [2.05, 4.69) is 58.7 Å². The number of carbonyl (C=O) groups excluding carboxylic acids is 1. The van der Waals surface area contributed by atoms with Crippen molar-refractivity contribution in [1.82, 2.24) is 30.4 Å². The summed E-state index contributed by atoms with van der Waals surface area (Å²) in [6, 6.07) is 10.5. The molecule has 1 aromatic carbocycles. The first-order valence-electron chi connectivity index (χ1n) is 11.1. The molecule has 0 radical (unpaired) electrons. The van der Waals surface area contributed by atoms with Gasteiger partial charge in [0.2, 0.25) is 0 Å². The summed E-state index contributed by atoms with van der Waals surface area (Å²) < 4.78 is 1.96. The molecular weight excluding hydrogens is 400 g/mol. The fourth-order valence-electron chi connectivity index (χ4n) is 4.71. The Morgan fingerprint density at radius 3 is 2.78 bits per heavy atom. The van der Waals surface area contributed by atoms with Crippen molar-refractivity contribution in [3.05, 3.63) is 59.0 Å². The molecule has 4 aromatic rings. The summed E-state index contributed by atoms with van der Waals surface area (Å²) in [7, 11) is 1.67. The summed E-state index contributed by atoms with van der Waals surface area (Å²) in [4.78, 5) is 20.8. The number of benzene rings is 1. The van der Waals surface area contributed by atoms with Crippen LogP contribution in [0.15, 0.2) is 36.5 Å². The second kappa shape index (κ2) is 7.91. The van der Waals surface area contributed by atoms with Gasteiger partial charge >= 0.3 is 0 Å². The van der Waals surface area contributed by atoms with Crippen molar-refractivity contribution in [2.75, 3.05) is 13.6 Å². The van der Waals surface area contributed by atoms with Gasteiger partial charge < -0.3 is 15.6 Å². The molecule has 1 aliphatic heterocycles. The lowest BCUT2D eigenvalue weighted by molar-refractivity contribution is 0.0962. The number of hydrogen-bond donors (Lipinski definition) is 3. The quantitative estimate of drug-likeness (QED) is 0.459. The average molecular weight is 429 g/mol. The van der Waals surface area contributed by atoms with Gasteiger partial charge in [-0.3, -0.25) is 14.5 Å². The van der Waals surface area contributed by atoms with Crippen LogP contribution in [0.4, 0.5) is 0 Å². The second-order valence-corrected chi connectivity index (χ2v) is 8.66. The molecule has 0 spiro atoms. The summed E-state index contributed by atoms with van der Waals surface area (Å²) >= 11 is 0. The fraction of sp³-hybridized carbons (Fsp3) is 0.320. The Kier molecular flexibility index (Phi) is 5.06. The number of amides is 1. The minimum Gasteiger partial charge on any atom is -0.355 e. The molecule has 0 bridgehead atoms. The lowest BCUT2D eigenvalue weighted by Gasteiger charge is -2.15. The summed E-state index contributed by atoms with van der Waals surface area (Å²) in [6.45, 7) is 8.69. The molecule has 1 aliphatic rings. The van der Waals surface area contributed by atoms with Crippen molar-refractivity contribution in [3.8, 4) is 22.5 Å². The van der Waals surface area contributed by atoms with Gasteiger partial charge in [-0.05, 0) is 42.7 Å². The van der Waals surface area contributed by atoms with Gasteiger partial charge in [0.1, 0.15) is 5.69 Å². The molecule has 0 fully saturated rings. The van der Waals surface area contributed by atoms with Crippen LogP contribution in [0, 0.1) is 6.92 Å². The zero-order valence-electron chi connectivity index (χ0n) is 18.9. The van der Waals surface area contributed by atoms with Gasteiger partial charge in [0.05, 0.1) is 23.5 Å². The van der Waals surface area contributed by atoms with Crippen LogP contribution in [0.25, 0.3) is 33.4 Å². The highest BCUT2D eigenvalue weighted by molar-refractivity contribution is 6.02. The van der Waals surface area contributed by atoms with Crippen molar-refractivity contribution < 1.29 is 4.79 Å². The summed E-state index contributed by atoms with van der Waals surface area (Å²) in [5.41, 5.74) is 8.88. The molecule has 0 saturated carbocycles. The number of carbonyl (C=O) groups is 1. The Bertz CT molecular complexity index is 1330. The van der Waals surface area contributed by atoms with Crippen LogP contribution >= 0.6 is 0 Å². The zero-order chi connectivity index (χ0) is 22.4. The van der Waals surface area contributed by atoms with Crippen LogP contribution in [0.5, 0.6) is 0 Å². The van der Waals surface area contributed by atoms with E-state index in [4.69, 9.17) is 5.10 Å². The van der Waals surface area contributed by atoms with E-state index in [1.807, 2.05) is 23.9 Å². The van der Waals surface area contributed by atoms with Gasteiger partial charge in [0.25, 0.3) is 5.91 Å². The van der Waals surface area contributed by atoms with Gasteiger partial charge in [-0.25, -0.2) is 0 Å². The van der Waals surface area contributed by atoms with Crippen LogP contribution < -0.4 is 10.6 Å². The predicted molar refractivity (Wildman–Crippen MR) is 127 cm³/mol. The summed E-state index contributed by atoms with van der Waals surface area (Å²) in [5, 5.41) is 12.2. The molecule has 7 nitrogen and oxygen atoms in total. The third-order valence-electron chi connectivity index (χ3n) is 6.18. The van der Waals surface area contributed by atoms with E-state index in [0.717, 1.165) is 57.9 Å². The van der Waals surface area contributed by atoms with Crippen molar-refractivity contribution in [1.29, 1.82) is 0 Å². The first-order chi connectivity index (χ1) is 15.5. The van der Waals surface area contributed by atoms with E-state index < -0.39 is 0 Å². The Labute approximate surface area is 187 Å². The topological polar surface area (TPSA) is 87.6 Å². The zero-order valence-corrected chi connectivity index (χ0v) is 18.9. The fourth-order valence-corrected chi connectivity index (χ4v) is 4.71. The first-order valence-corrected chi connectivity index (χ1v) is 11.1. The molecular formula is C25H28N6O. The van der Waals surface area contributed by atoms with E-state index >= 15 is 0 Å². The number of H-pyrrole nitrogens is 1. The van der Waals surface area contributed by atoms with Gasteiger partial charge in [0.15, 0.2) is 0 Å². The van der Waals surface area contributed by atoms with E-state index in [9.17, 15) is 4.79 Å². The Hall–Kier alpha value is -3.45. The van der Waals surface area contributed by atoms with E-state index in [-0.39, 0.29) is 5.91 Å². The number of rotatable bonds is 4. The number of hydrogen-bond acceptors (Lipinski definition) is 4. The Morgan fingerprint density at radius 2 is 2.03 bits per heavy atom. The number of fused-ring (bicyclic) bond motifs is 2. The normalized spacial score (nSPS) is 13.5. The smallest absolute Gasteiger partial charge is 0.255 e. The number of aromatic amines is 1. The Balaban J connectivity index is 1.72. The SMILES string of the molecule is CNC(=O)c1c(-c2ccc3[nH]c(-c4ccnc(C)c4)c(C(C)C)c3c2)nn2c1CNCC2. The molecule has 32 heavy (non-hydrogen) atoms. The minimum absolute atomic E-state index is 0.101. The van der Waals surface area contributed by atoms with Gasteiger partial charge in [0, 0.05) is 54.1 Å². The number of pyridine rings is 1. The first kappa shape index (κ1) is 20.5. The van der Waals surface area contributed by atoms with Gasteiger partial charge in [-0.2, -0.15) is 5.10 Å². The van der Waals surface area contributed by atoms with Crippen LogP contribution in [0.1, 0.15) is 47.1 Å². The molecule has 3 aromatic heterocycles. The largest absolute Gasteiger partial charge is 0.355 e. The highest BCUT2D eigenvalue weighted by Gasteiger charge is 2.26. The van der Waals surface area contributed by atoms with E-state index in [0.29, 0.717) is 18.0 Å². The third-order valence-corrected chi connectivity index (χ3v) is 6.18. The van der Waals surface area contributed by atoms with Crippen molar-refractivity contribution >= 4 is 16.8 Å². The third kappa shape index (κ3) is 3.29. The molecule has 1 amide bonds. The monoisotopic (exact) mass is 428 g/mol. The maximum absolute atomic E-state index is 12.8. The number of aromatic nitrogens is 4. The van der Waals surface area contributed by atoms with Crippen molar-refractivity contribution in [3.63, 3.8) is 0 Å². The number of nitrogens with one attached hydrogen (secondary N) is 3. The molecule has 0 unspecified atom stereocenters. The minimum atomic E-state index is -0.101. The Morgan fingerprint density at radius 1 is 1.19 bits per heavy atom. The molecule has 5 rings (SSSR count). The van der Waals surface area contributed by atoms with Crippen molar-refractivity contribution in [2.24, 2.45) is 0 Å². The molecule has 0 aliphatic carbocycles. The van der Waals surface area contributed by atoms with Crippen LogP contribution in [-0.4, -0.2) is 39.2 Å². The highest BCUT2D eigenvalue weighted by atomic mass is 16.1. The number of nitrogens with zero attached hydrogens (tertiary/aromatic N) is 3. The maximum Gasteiger partial charge on any atom is 0.255 e. The van der Waals surface area contributed by atoms with Gasteiger partial charge in [-0.15, -0.1) is 0 Å². The molecule has 0 saturated heterocycles. The molecule has 3 N–H and O–H groups in total. The lowest BCUT2D eigenvalue weighted by Crippen LogP contribution is -2.30.